The van der Waals surface area contributed by atoms with Gasteiger partial charge in [0.05, 0.1) is 18.2 Å². The van der Waals surface area contributed by atoms with Crippen LogP contribution >= 0.6 is 0 Å². The average Bonchev–Trinajstić information content (AvgIpc) is 2.77. The first-order valence-electron chi connectivity index (χ1n) is 11.6. The quantitative estimate of drug-likeness (QED) is 0.462. The molecule has 0 aromatic heterocycles. The summed E-state index contributed by atoms with van der Waals surface area (Å²) in [6, 6.07) is 14.0. The van der Waals surface area contributed by atoms with E-state index >= 15 is 0 Å². The Kier molecular flexibility index (Phi) is 10.2. The molecule has 2 N–H and O–H groups in total. The highest BCUT2D eigenvalue weighted by Gasteiger charge is 2.26. The minimum Gasteiger partial charge on any atom is -0.393 e. The first kappa shape index (κ1) is 26.2. The fourth-order valence-electron chi connectivity index (χ4n) is 3.50. The van der Waals surface area contributed by atoms with Crippen LogP contribution < -0.4 is 20.0 Å². The first-order valence-corrected chi connectivity index (χ1v) is 11.6. The Morgan fingerprint density at radius 1 is 0.818 bits per heavy atom. The molecule has 180 valence electrons. The SMILES string of the molecule is CCCCCC[C@@H](O)CC(=O)N(C(=O)Nc1ccc(N(C)C)cc1)c1ccc(N(C)C)cc1. The predicted molar refractivity (Wildman–Crippen MR) is 137 cm³/mol. The lowest BCUT2D eigenvalue weighted by molar-refractivity contribution is -0.119. The van der Waals surface area contributed by atoms with Gasteiger partial charge in [0.15, 0.2) is 0 Å². The molecule has 0 aliphatic heterocycles. The number of imide groups is 1. The van der Waals surface area contributed by atoms with Crippen molar-refractivity contribution < 1.29 is 14.7 Å². The van der Waals surface area contributed by atoms with E-state index in [4.69, 9.17) is 0 Å². The highest BCUT2D eigenvalue weighted by Crippen LogP contribution is 2.23. The minimum atomic E-state index is -0.773. The van der Waals surface area contributed by atoms with Crippen molar-refractivity contribution in [3.05, 3.63) is 48.5 Å². The molecular formula is C26H38N4O3. The van der Waals surface area contributed by atoms with Gasteiger partial charge in [-0.2, -0.15) is 0 Å². The maximum atomic E-state index is 13.2. The van der Waals surface area contributed by atoms with E-state index < -0.39 is 18.0 Å². The lowest BCUT2D eigenvalue weighted by atomic mass is 10.1. The third-order valence-electron chi connectivity index (χ3n) is 5.51. The molecule has 3 amide bonds. The topological polar surface area (TPSA) is 76.1 Å². The number of aliphatic hydroxyl groups is 1. The smallest absolute Gasteiger partial charge is 0.333 e. The van der Waals surface area contributed by atoms with Gasteiger partial charge in [0.25, 0.3) is 0 Å². The predicted octanol–water partition coefficient (Wildman–Crippen LogP) is 5.11. The van der Waals surface area contributed by atoms with Crippen molar-refractivity contribution in [2.45, 2.75) is 51.6 Å². The zero-order valence-electron chi connectivity index (χ0n) is 20.5. The summed E-state index contributed by atoms with van der Waals surface area (Å²) in [6.07, 6.45) is 3.79. The molecule has 0 radical (unpaired) electrons. The standard InChI is InChI=1S/C26H38N4O3/c1-6-7-8-9-10-24(31)19-25(32)30(23-17-15-22(16-18-23)29(4)5)26(33)27-20-11-13-21(14-12-20)28(2)3/h11-18,24,31H,6-10,19H2,1-5H3,(H,27,33)/t24-/m1/s1. The van der Waals surface area contributed by atoms with Gasteiger partial charge in [-0.25, -0.2) is 9.69 Å². The minimum absolute atomic E-state index is 0.103. The number of unbranched alkanes of at least 4 members (excludes halogenated alkanes) is 3. The summed E-state index contributed by atoms with van der Waals surface area (Å²) in [6.45, 7) is 2.13. The van der Waals surface area contributed by atoms with E-state index in [1.165, 1.54) is 0 Å². The van der Waals surface area contributed by atoms with Crippen LogP contribution in [0.5, 0.6) is 0 Å². The zero-order chi connectivity index (χ0) is 24.4. The molecule has 0 saturated heterocycles. The van der Waals surface area contributed by atoms with E-state index in [1.54, 1.807) is 24.3 Å². The van der Waals surface area contributed by atoms with E-state index in [-0.39, 0.29) is 6.42 Å². The Morgan fingerprint density at radius 3 is 1.85 bits per heavy atom. The number of carbonyl (C=O) groups excluding carboxylic acids is 2. The molecule has 7 nitrogen and oxygen atoms in total. The number of amides is 3. The second-order valence-corrected chi connectivity index (χ2v) is 8.72. The normalized spacial score (nSPS) is 11.6. The summed E-state index contributed by atoms with van der Waals surface area (Å²) in [5.41, 5.74) is 3.02. The molecule has 0 unspecified atom stereocenters. The van der Waals surface area contributed by atoms with Crippen LogP contribution in [-0.2, 0) is 4.79 Å². The van der Waals surface area contributed by atoms with E-state index in [2.05, 4.69) is 12.2 Å². The van der Waals surface area contributed by atoms with E-state index in [0.29, 0.717) is 17.8 Å². The molecule has 0 heterocycles. The van der Waals surface area contributed by atoms with Crippen LogP contribution in [0.2, 0.25) is 0 Å². The maximum Gasteiger partial charge on any atom is 0.333 e. The van der Waals surface area contributed by atoms with Gasteiger partial charge in [-0.05, 0) is 55.0 Å². The highest BCUT2D eigenvalue weighted by atomic mass is 16.3. The molecule has 2 aromatic rings. The van der Waals surface area contributed by atoms with Crippen molar-refractivity contribution in [2.75, 3.05) is 48.2 Å². The number of anilines is 4. The molecular weight excluding hydrogens is 416 g/mol. The number of nitrogens with zero attached hydrogens (tertiary/aromatic N) is 3. The molecule has 7 heteroatoms. The fourth-order valence-corrected chi connectivity index (χ4v) is 3.50. The lowest BCUT2D eigenvalue weighted by Gasteiger charge is -2.24. The lowest BCUT2D eigenvalue weighted by Crippen LogP contribution is -2.41. The molecule has 0 bridgehead atoms. The van der Waals surface area contributed by atoms with Crippen LogP contribution in [0.1, 0.15) is 45.4 Å². The van der Waals surface area contributed by atoms with Gasteiger partial charge in [-0.15, -0.1) is 0 Å². The first-order chi connectivity index (χ1) is 15.7. The number of benzene rings is 2. The molecule has 0 fully saturated rings. The molecule has 0 spiro atoms. The Labute approximate surface area is 198 Å². The van der Waals surface area contributed by atoms with Gasteiger partial charge in [-0.3, -0.25) is 4.79 Å². The molecule has 0 aliphatic rings. The van der Waals surface area contributed by atoms with Crippen LogP contribution in [0.4, 0.5) is 27.5 Å². The van der Waals surface area contributed by atoms with E-state index in [0.717, 1.165) is 42.0 Å². The number of rotatable bonds is 11. The van der Waals surface area contributed by atoms with Gasteiger partial charge in [0.1, 0.15) is 0 Å². The van der Waals surface area contributed by atoms with Crippen LogP contribution in [0.15, 0.2) is 48.5 Å². The fraction of sp³-hybridized carbons (Fsp3) is 0.462. The van der Waals surface area contributed by atoms with Gasteiger partial charge < -0.3 is 20.2 Å². The summed E-state index contributed by atoms with van der Waals surface area (Å²) in [4.78, 5) is 31.3. The zero-order valence-corrected chi connectivity index (χ0v) is 20.5. The number of carbonyl (C=O) groups is 2. The Hall–Kier alpha value is -3.06. The molecule has 2 rings (SSSR count). The van der Waals surface area contributed by atoms with Crippen molar-refractivity contribution in [1.29, 1.82) is 0 Å². The molecule has 1 atom stereocenters. The van der Waals surface area contributed by atoms with Crippen molar-refractivity contribution in [2.24, 2.45) is 0 Å². The van der Waals surface area contributed by atoms with E-state index in [1.807, 2.05) is 62.3 Å². The summed E-state index contributed by atoms with van der Waals surface area (Å²) in [7, 11) is 7.74. The molecule has 0 saturated carbocycles. The summed E-state index contributed by atoms with van der Waals surface area (Å²) >= 11 is 0. The third-order valence-corrected chi connectivity index (χ3v) is 5.51. The molecule has 2 aromatic carbocycles. The Bertz CT molecular complexity index is 879. The van der Waals surface area contributed by atoms with Crippen molar-refractivity contribution in [3.63, 3.8) is 0 Å². The Morgan fingerprint density at radius 2 is 1.33 bits per heavy atom. The van der Waals surface area contributed by atoms with Crippen molar-refractivity contribution >= 4 is 34.7 Å². The van der Waals surface area contributed by atoms with Crippen LogP contribution in [0.25, 0.3) is 0 Å². The average molecular weight is 455 g/mol. The molecule has 0 aliphatic carbocycles. The third kappa shape index (κ3) is 8.09. The van der Waals surface area contributed by atoms with Gasteiger partial charge in [0.2, 0.25) is 5.91 Å². The maximum absolute atomic E-state index is 13.2. The summed E-state index contributed by atoms with van der Waals surface area (Å²) in [5.74, 6) is -0.432. The van der Waals surface area contributed by atoms with Crippen molar-refractivity contribution in [1.82, 2.24) is 0 Å². The van der Waals surface area contributed by atoms with Crippen LogP contribution in [0.3, 0.4) is 0 Å². The summed E-state index contributed by atoms with van der Waals surface area (Å²) in [5, 5.41) is 13.2. The highest BCUT2D eigenvalue weighted by molar-refractivity contribution is 6.18. The number of aliphatic hydroxyl groups excluding tert-OH is 1. The second-order valence-electron chi connectivity index (χ2n) is 8.72. The molecule has 33 heavy (non-hydrogen) atoms. The van der Waals surface area contributed by atoms with Crippen LogP contribution in [-0.4, -0.2) is 51.3 Å². The summed E-state index contributed by atoms with van der Waals surface area (Å²) < 4.78 is 0. The number of nitrogens with one attached hydrogen (secondary N) is 1. The number of hydrogen-bond acceptors (Lipinski definition) is 5. The van der Waals surface area contributed by atoms with Gasteiger partial charge in [0, 0.05) is 45.3 Å². The monoisotopic (exact) mass is 454 g/mol. The van der Waals surface area contributed by atoms with Gasteiger partial charge >= 0.3 is 6.03 Å². The number of urea groups is 1. The van der Waals surface area contributed by atoms with E-state index in [9.17, 15) is 14.7 Å². The largest absolute Gasteiger partial charge is 0.393 e. The van der Waals surface area contributed by atoms with Crippen molar-refractivity contribution in [3.8, 4) is 0 Å². The van der Waals surface area contributed by atoms with Gasteiger partial charge in [-0.1, -0.05) is 32.6 Å². The second kappa shape index (κ2) is 12.8. The van der Waals surface area contributed by atoms with Crippen LogP contribution in [0, 0.1) is 0 Å². The Balaban J connectivity index is 2.18. The number of hydrogen-bond donors (Lipinski definition) is 2.